The second-order valence-corrected chi connectivity index (χ2v) is 2.67. The van der Waals surface area contributed by atoms with E-state index in [9.17, 15) is 18.0 Å². The SMILES string of the molecule is CC(C)[C@H](C(N)=O)C(F)(F)F. The average Bonchev–Trinajstić information content (AvgIpc) is 1.54. The highest BCUT2D eigenvalue weighted by Crippen LogP contribution is 2.31. The lowest BCUT2D eigenvalue weighted by Gasteiger charge is -2.19. The van der Waals surface area contributed by atoms with Crippen LogP contribution < -0.4 is 5.73 Å². The molecule has 2 N–H and O–H groups in total. The first-order chi connectivity index (χ1) is 4.76. The van der Waals surface area contributed by atoms with E-state index in [-0.39, 0.29) is 0 Å². The third kappa shape index (κ3) is 2.78. The summed E-state index contributed by atoms with van der Waals surface area (Å²) >= 11 is 0. The minimum atomic E-state index is -4.51. The molecule has 0 saturated carbocycles. The zero-order valence-corrected chi connectivity index (χ0v) is 6.27. The van der Waals surface area contributed by atoms with Gasteiger partial charge in [-0.3, -0.25) is 4.79 Å². The predicted octanol–water partition coefficient (Wildman–Crippen LogP) is 1.31. The van der Waals surface area contributed by atoms with Crippen molar-refractivity contribution in [2.24, 2.45) is 17.6 Å². The summed E-state index contributed by atoms with van der Waals surface area (Å²) in [5.41, 5.74) is 4.56. The lowest BCUT2D eigenvalue weighted by molar-refractivity contribution is -0.189. The number of hydrogen-bond donors (Lipinski definition) is 1. The van der Waals surface area contributed by atoms with Crippen LogP contribution in [0.5, 0.6) is 0 Å². The lowest BCUT2D eigenvalue weighted by atomic mass is 9.95. The summed E-state index contributed by atoms with van der Waals surface area (Å²) in [5.74, 6) is -4.14. The van der Waals surface area contributed by atoms with Crippen LogP contribution in [-0.4, -0.2) is 12.1 Å². The largest absolute Gasteiger partial charge is 0.400 e. The van der Waals surface area contributed by atoms with Gasteiger partial charge in [-0.25, -0.2) is 0 Å². The van der Waals surface area contributed by atoms with E-state index in [4.69, 9.17) is 0 Å². The van der Waals surface area contributed by atoms with Gasteiger partial charge in [-0.1, -0.05) is 13.8 Å². The minimum Gasteiger partial charge on any atom is -0.369 e. The van der Waals surface area contributed by atoms with Crippen LogP contribution in [0.15, 0.2) is 0 Å². The molecule has 0 spiro atoms. The second-order valence-electron chi connectivity index (χ2n) is 2.67. The molecule has 0 aliphatic heterocycles. The van der Waals surface area contributed by atoms with Gasteiger partial charge in [0.05, 0.1) is 0 Å². The highest BCUT2D eigenvalue weighted by atomic mass is 19.4. The smallest absolute Gasteiger partial charge is 0.369 e. The third-order valence-electron chi connectivity index (χ3n) is 1.33. The molecule has 0 aromatic heterocycles. The van der Waals surface area contributed by atoms with E-state index in [1.807, 2.05) is 0 Å². The average molecular weight is 169 g/mol. The van der Waals surface area contributed by atoms with Crippen molar-refractivity contribution in [1.29, 1.82) is 0 Å². The number of halogens is 3. The fourth-order valence-corrected chi connectivity index (χ4v) is 0.868. The van der Waals surface area contributed by atoms with Gasteiger partial charge in [-0.2, -0.15) is 13.2 Å². The first-order valence-corrected chi connectivity index (χ1v) is 3.13. The van der Waals surface area contributed by atoms with Gasteiger partial charge >= 0.3 is 6.18 Å². The minimum absolute atomic E-state index is 0.799. The number of alkyl halides is 3. The standard InChI is InChI=1S/C6H10F3NO/c1-3(2)4(5(10)11)6(7,8)9/h3-4H,1-2H3,(H2,10,11)/t4-/m1/s1. The Morgan fingerprint density at radius 1 is 1.36 bits per heavy atom. The van der Waals surface area contributed by atoms with Gasteiger partial charge in [0.1, 0.15) is 5.92 Å². The number of nitrogens with two attached hydrogens (primary N) is 1. The van der Waals surface area contributed by atoms with Gasteiger partial charge < -0.3 is 5.73 Å². The fraction of sp³-hybridized carbons (Fsp3) is 0.833. The predicted molar refractivity (Wildman–Crippen MR) is 33.6 cm³/mol. The van der Waals surface area contributed by atoms with Crippen LogP contribution in [0, 0.1) is 11.8 Å². The van der Waals surface area contributed by atoms with E-state index in [1.165, 1.54) is 13.8 Å². The molecule has 0 heterocycles. The van der Waals surface area contributed by atoms with E-state index in [2.05, 4.69) is 5.73 Å². The second kappa shape index (κ2) is 3.11. The van der Waals surface area contributed by atoms with Crippen molar-refractivity contribution in [2.45, 2.75) is 20.0 Å². The van der Waals surface area contributed by atoms with Crippen molar-refractivity contribution in [3.8, 4) is 0 Å². The Hall–Kier alpha value is -0.740. The first kappa shape index (κ1) is 10.3. The molecule has 5 heteroatoms. The monoisotopic (exact) mass is 169 g/mol. The molecule has 0 saturated heterocycles. The van der Waals surface area contributed by atoms with Gasteiger partial charge in [0, 0.05) is 0 Å². The van der Waals surface area contributed by atoms with Crippen molar-refractivity contribution < 1.29 is 18.0 Å². The van der Waals surface area contributed by atoms with Crippen molar-refractivity contribution >= 4 is 5.91 Å². The molecule has 0 aromatic rings. The highest BCUT2D eigenvalue weighted by molar-refractivity contribution is 5.77. The van der Waals surface area contributed by atoms with Gasteiger partial charge in [-0.15, -0.1) is 0 Å². The number of primary amides is 1. The summed E-state index contributed by atoms with van der Waals surface area (Å²) in [7, 11) is 0. The molecule has 1 amide bonds. The Balaban J connectivity index is 4.49. The molecule has 66 valence electrons. The zero-order valence-electron chi connectivity index (χ0n) is 6.27. The zero-order chi connectivity index (χ0) is 9.23. The molecule has 0 aliphatic carbocycles. The van der Waals surface area contributed by atoms with Crippen molar-refractivity contribution in [2.75, 3.05) is 0 Å². The van der Waals surface area contributed by atoms with E-state index in [0.717, 1.165) is 0 Å². The topological polar surface area (TPSA) is 43.1 Å². The summed E-state index contributed by atoms with van der Waals surface area (Å²) in [6.45, 7) is 2.62. The third-order valence-corrected chi connectivity index (χ3v) is 1.33. The Labute approximate surface area is 62.6 Å². The molecule has 2 nitrogen and oxygen atoms in total. The van der Waals surface area contributed by atoms with Crippen molar-refractivity contribution in [3.05, 3.63) is 0 Å². The molecule has 0 bridgehead atoms. The van der Waals surface area contributed by atoms with Crippen LogP contribution in [-0.2, 0) is 4.79 Å². The van der Waals surface area contributed by atoms with Crippen LogP contribution in [0.4, 0.5) is 13.2 Å². The molecule has 0 unspecified atom stereocenters. The van der Waals surface area contributed by atoms with Crippen LogP contribution in [0.1, 0.15) is 13.8 Å². The summed E-state index contributed by atoms with van der Waals surface area (Å²) < 4.78 is 35.8. The normalized spacial score (nSPS) is 15.1. The maximum Gasteiger partial charge on any atom is 0.400 e. The van der Waals surface area contributed by atoms with E-state index < -0.39 is 23.9 Å². The van der Waals surface area contributed by atoms with Gasteiger partial charge in [-0.05, 0) is 5.92 Å². The molecule has 0 rings (SSSR count). The lowest BCUT2D eigenvalue weighted by Crippen LogP contribution is -2.39. The first-order valence-electron chi connectivity index (χ1n) is 3.13. The van der Waals surface area contributed by atoms with Crippen molar-refractivity contribution in [1.82, 2.24) is 0 Å². The number of amides is 1. The Morgan fingerprint density at radius 2 is 1.73 bits per heavy atom. The van der Waals surface area contributed by atoms with Gasteiger partial charge in [0.15, 0.2) is 0 Å². The van der Waals surface area contributed by atoms with Crippen LogP contribution in [0.3, 0.4) is 0 Å². The summed E-state index contributed by atoms with van der Waals surface area (Å²) in [6.07, 6.45) is -4.51. The number of hydrogen-bond acceptors (Lipinski definition) is 1. The summed E-state index contributed by atoms with van der Waals surface area (Å²) in [5, 5.41) is 0. The summed E-state index contributed by atoms with van der Waals surface area (Å²) in [4.78, 5) is 10.3. The molecule has 0 aliphatic rings. The van der Waals surface area contributed by atoms with E-state index in [1.54, 1.807) is 0 Å². The maximum absolute atomic E-state index is 11.9. The van der Waals surface area contributed by atoms with Crippen LogP contribution in [0.25, 0.3) is 0 Å². The molecule has 0 radical (unpaired) electrons. The Morgan fingerprint density at radius 3 is 1.73 bits per heavy atom. The maximum atomic E-state index is 11.9. The molecule has 0 aromatic carbocycles. The molecule has 0 fully saturated rings. The molecular formula is C6H10F3NO. The Bertz CT molecular complexity index is 152. The summed E-state index contributed by atoms with van der Waals surface area (Å²) in [6, 6.07) is 0. The molecule has 1 atom stereocenters. The highest BCUT2D eigenvalue weighted by Gasteiger charge is 2.45. The van der Waals surface area contributed by atoms with E-state index in [0.29, 0.717) is 0 Å². The molecular weight excluding hydrogens is 159 g/mol. The fourth-order valence-electron chi connectivity index (χ4n) is 0.868. The number of carbonyl (C=O) groups is 1. The van der Waals surface area contributed by atoms with Crippen LogP contribution in [0.2, 0.25) is 0 Å². The van der Waals surface area contributed by atoms with Gasteiger partial charge in [0.25, 0.3) is 0 Å². The Kier molecular flexibility index (Phi) is 2.90. The van der Waals surface area contributed by atoms with Gasteiger partial charge in [0.2, 0.25) is 5.91 Å². The number of rotatable bonds is 2. The molecule has 11 heavy (non-hydrogen) atoms. The van der Waals surface area contributed by atoms with E-state index >= 15 is 0 Å². The van der Waals surface area contributed by atoms with Crippen molar-refractivity contribution in [3.63, 3.8) is 0 Å². The quantitative estimate of drug-likeness (QED) is 0.665. The number of carbonyl (C=O) groups excluding carboxylic acids is 1. The van der Waals surface area contributed by atoms with Crippen LogP contribution >= 0.6 is 0 Å².